The van der Waals surface area contributed by atoms with Crippen LogP contribution in [0.1, 0.15) is 23.6 Å². The van der Waals surface area contributed by atoms with Crippen molar-refractivity contribution in [2.75, 3.05) is 31.7 Å². The van der Waals surface area contributed by atoms with Crippen LogP contribution in [-0.4, -0.2) is 48.3 Å². The predicted molar refractivity (Wildman–Crippen MR) is 165 cm³/mol. The minimum Gasteiger partial charge on any atom is -0.492 e. The zero-order valence-corrected chi connectivity index (χ0v) is 25.8. The number of halogens is 2. The molecule has 8 nitrogen and oxygen atoms in total. The van der Waals surface area contributed by atoms with Crippen LogP contribution in [0, 0.1) is 13.8 Å². The molecule has 214 valence electrons. The van der Waals surface area contributed by atoms with E-state index in [0.29, 0.717) is 44.6 Å². The Bertz CT molecular complexity index is 1500. The lowest BCUT2D eigenvalue weighted by atomic mass is 10.1. The van der Waals surface area contributed by atoms with Crippen LogP contribution in [0.4, 0.5) is 10.5 Å². The van der Waals surface area contributed by atoms with E-state index in [2.05, 4.69) is 21.2 Å². The van der Waals surface area contributed by atoms with Crippen molar-refractivity contribution in [2.45, 2.75) is 20.8 Å². The number of nitrogens with one attached hydrogen (secondary N) is 1. The number of carbonyl (C=O) groups excluding carboxylic acids is 3. The molecule has 0 radical (unpaired) electrons. The van der Waals surface area contributed by atoms with Crippen molar-refractivity contribution in [3.8, 4) is 17.2 Å². The molecule has 0 saturated carbocycles. The molecule has 1 saturated heterocycles. The van der Waals surface area contributed by atoms with Gasteiger partial charge in [0.15, 0.2) is 18.1 Å². The third-order valence-corrected chi connectivity index (χ3v) is 7.65. The minimum atomic E-state index is -0.405. The number of rotatable bonds is 11. The number of anilines is 1. The molecule has 0 aliphatic carbocycles. The molecule has 41 heavy (non-hydrogen) atoms. The third-order valence-electron chi connectivity index (χ3n) is 5.90. The van der Waals surface area contributed by atoms with Crippen LogP contribution in [0.3, 0.4) is 0 Å². The van der Waals surface area contributed by atoms with Gasteiger partial charge in [-0.2, -0.15) is 0 Å². The predicted octanol–water partition coefficient (Wildman–Crippen LogP) is 7.25. The number of aryl methyl sites for hydroxylation is 2. The molecule has 0 atom stereocenters. The van der Waals surface area contributed by atoms with Gasteiger partial charge < -0.3 is 19.5 Å². The van der Waals surface area contributed by atoms with Crippen LogP contribution in [0.15, 0.2) is 64.0 Å². The summed E-state index contributed by atoms with van der Waals surface area (Å²) in [6, 6.07) is 16.0. The van der Waals surface area contributed by atoms with Crippen molar-refractivity contribution in [1.29, 1.82) is 0 Å². The minimum absolute atomic E-state index is 0.107. The molecular formula is C30H28BrClN2O6S. The summed E-state index contributed by atoms with van der Waals surface area (Å²) in [6.45, 7) is 6.12. The fourth-order valence-electron chi connectivity index (χ4n) is 3.98. The maximum Gasteiger partial charge on any atom is 0.293 e. The third kappa shape index (κ3) is 8.06. The fourth-order valence-corrected chi connectivity index (χ4v) is 5.55. The number of thioether (sulfide) groups is 1. The number of carbonyl (C=O) groups is 3. The molecule has 0 bridgehead atoms. The smallest absolute Gasteiger partial charge is 0.293 e. The number of ether oxygens (including phenoxy) is 3. The summed E-state index contributed by atoms with van der Waals surface area (Å²) in [7, 11) is 0. The SMILES string of the molecule is CCOc1cc(/C=C2\SC(=O)N(CCOc3ccc(Cl)cc3)C2=O)cc(Br)c1OCC(=O)Nc1ccc(C)cc1C. The van der Waals surface area contributed by atoms with Crippen LogP contribution >= 0.6 is 39.3 Å². The van der Waals surface area contributed by atoms with Gasteiger partial charge in [0.1, 0.15) is 12.4 Å². The maximum atomic E-state index is 13.0. The molecule has 0 spiro atoms. The Morgan fingerprint density at radius 2 is 1.80 bits per heavy atom. The normalized spacial score (nSPS) is 14.0. The number of hydrogen-bond acceptors (Lipinski definition) is 7. The van der Waals surface area contributed by atoms with Gasteiger partial charge in [-0.25, -0.2) is 0 Å². The van der Waals surface area contributed by atoms with Crippen molar-refractivity contribution in [3.63, 3.8) is 0 Å². The van der Waals surface area contributed by atoms with E-state index in [1.165, 1.54) is 0 Å². The summed E-state index contributed by atoms with van der Waals surface area (Å²) in [5, 5.41) is 3.07. The summed E-state index contributed by atoms with van der Waals surface area (Å²) in [4.78, 5) is 39.5. The van der Waals surface area contributed by atoms with Gasteiger partial charge in [-0.3, -0.25) is 19.3 Å². The monoisotopic (exact) mass is 658 g/mol. The second-order valence-electron chi connectivity index (χ2n) is 9.05. The summed E-state index contributed by atoms with van der Waals surface area (Å²) < 4.78 is 17.8. The highest BCUT2D eigenvalue weighted by Crippen LogP contribution is 2.39. The van der Waals surface area contributed by atoms with Crippen molar-refractivity contribution in [1.82, 2.24) is 4.90 Å². The van der Waals surface area contributed by atoms with Gasteiger partial charge in [-0.15, -0.1) is 0 Å². The Kier molecular flexibility index (Phi) is 10.4. The first-order chi connectivity index (χ1) is 19.6. The molecule has 1 aliphatic rings. The van der Waals surface area contributed by atoms with Crippen LogP contribution in [0.2, 0.25) is 5.02 Å². The lowest BCUT2D eigenvalue weighted by Crippen LogP contribution is -2.32. The van der Waals surface area contributed by atoms with Crippen molar-refractivity contribution in [3.05, 3.63) is 85.7 Å². The van der Waals surface area contributed by atoms with E-state index in [9.17, 15) is 14.4 Å². The molecule has 3 aromatic rings. The molecule has 0 unspecified atom stereocenters. The Morgan fingerprint density at radius 3 is 2.51 bits per heavy atom. The highest BCUT2D eigenvalue weighted by molar-refractivity contribution is 9.10. The van der Waals surface area contributed by atoms with Gasteiger partial charge in [-0.05, 0) is 108 Å². The van der Waals surface area contributed by atoms with Crippen molar-refractivity contribution >= 4 is 68.1 Å². The molecule has 11 heteroatoms. The summed E-state index contributed by atoms with van der Waals surface area (Å²) in [6.07, 6.45) is 1.62. The van der Waals surface area contributed by atoms with E-state index in [1.807, 2.05) is 39.0 Å². The van der Waals surface area contributed by atoms with Crippen LogP contribution in [0.25, 0.3) is 6.08 Å². The number of imide groups is 1. The van der Waals surface area contributed by atoms with Gasteiger partial charge in [0, 0.05) is 10.7 Å². The first-order valence-corrected chi connectivity index (χ1v) is 14.7. The molecule has 1 heterocycles. The fraction of sp³-hybridized carbons (Fsp3) is 0.233. The van der Waals surface area contributed by atoms with Crippen molar-refractivity contribution < 1.29 is 28.6 Å². The highest BCUT2D eigenvalue weighted by atomic mass is 79.9. The number of benzene rings is 3. The number of nitrogens with zero attached hydrogens (tertiary/aromatic N) is 1. The summed E-state index contributed by atoms with van der Waals surface area (Å²) in [5.41, 5.74) is 3.40. The van der Waals surface area contributed by atoms with Crippen LogP contribution < -0.4 is 19.5 Å². The van der Waals surface area contributed by atoms with E-state index in [4.69, 9.17) is 25.8 Å². The second kappa shape index (κ2) is 13.9. The summed E-state index contributed by atoms with van der Waals surface area (Å²) >= 11 is 10.2. The van der Waals surface area contributed by atoms with E-state index in [1.54, 1.807) is 42.5 Å². The molecule has 1 fully saturated rings. The topological polar surface area (TPSA) is 94.2 Å². The molecule has 1 N–H and O–H groups in total. The average Bonchev–Trinajstić information content (AvgIpc) is 3.18. The zero-order chi connectivity index (χ0) is 29.5. The average molecular weight is 660 g/mol. The molecule has 3 amide bonds. The maximum absolute atomic E-state index is 13.0. The second-order valence-corrected chi connectivity index (χ2v) is 11.3. The van der Waals surface area contributed by atoms with Crippen LogP contribution in [-0.2, 0) is 9.59 Å². The Labute approximate surface area is 256 Å². The molecule has 4 rings (SSSR count). The lowest BCUT2D eigenvalue weighted by molar-refractivity contribution is -0.123. The molecule has 1 aliphatic heterocycles. The first kappa shape index (κ1) is 30.5. The van der Waals surface area contributed by atoms with Crippen molar-refractivity contribution in [2.24, 2.45) is 0 Å². The standard InChI is InChI=1S/C30H28BrClN2O6S/c1-4-38-25-15-20(14-23(31)28(25)40-17-27(35)33-24-10-5-18(2)13-19(24)3)16-26-29(36)34(30(37)41-26)11-12-39-22-8-6-21(32)7-9-22/h5-10,13-16H,4,11-12,17H2,1-3H3,(H,33,35)/b26-16-. The Morgan fingerprint density at radius 1 is 1.05 bits per heavy atom. The first-order valence-electron chi connectivity index (χ1n) is 12.7. The van der Waals surface area contributed by atoms with E-state index < -0.39 is 5.91 Å². The highest BCUT2D eigenvalue weighted by Gasteiger charge is 2.35. The molecule has 0 aromatic heterocycles. The van der Waals surface area contributed by atoms with E-state index in [0.717, 1.165) is 27.8 Å². The largest absolute Gasteiger partial charge is 0.492 e. The van der Waals surface area contributed by atoms with Gasteiger partial charge in [0.25, 0.3) is 17.1 Å². The quantitative estimate of drug-likeness (QED) is 0.217. The van der Waals surface area contributed by atoms with E-state index >= 15 is 0 Å². The zero-order valence-electron chi connectivity index (χ0n) is 22.7. The Balaban J connectivity index is 1.42. The van der Waals surface area contributed by atoms with E-state index in [-0.39, 0.29) is 35.8 Å². The molecular weight excluding hydrogens is 632 g/mol. The van der Waals surface area contributed by atoms with Gasteiger partial charge in [-0.1, -0.05) is 29.3 Å². The number of amides is 3. The van der Waals surface area contributed by atoms with Gasteiger partial charge in [0.2, 0.25) is 0 Å². The lowest BCUT2D eigenvalue weighted by Gasteiger charge is -2.15. The summed E-state index contributed by atoms with van der Waals surface area (Å²) in [5.74, 6) is 0.617. The Hall–Kier alpha value is -3.47. The van der Waals surface area contributed by atoms with Crippen LogP contribution in [0.5, 0.6) is 17.2 Å². The number of hydrogen-bond donors (Lipinski definition) is 1. The van der Waals surface area contributed by atoms with Gasteiger partial charge >= 0.3 is 0 Å². The molecule has 3 aromatic carbocycles. The van der Waals surface area contributed by atoms with Gasteiger partial charge in [0.05, 0.1) is 22.5 Å².